The molecule has 0 aliphatic carbocycles. The molecule has 0 aromatic heterocycles. The Hall–Kier alpha value is -2.34. The first-order chi connectivity index (χ1) is 13.4. The fraction of sp³-hybridized carbons (Fsp3) is 0.364. The zero-order valence-electron chi connectivity index (χ0n) is 16.5. The number of benzene rings is 2. The summed E-state index contributed by atoms with van der Waals surface area (Å²) in [7, 11) is 0. The molecule has 2 aromatic rings. The number of carbonyl (C=O) groups is 2. The third-order valence-corrected chi connectivity index (χ3v) is 5.25. The number of thioether (sulfide) groups is 1. The first-order valence-electron chi connectivity index (χ1n) is 9.37. The van der Waals surface area contributed by atoms with Crippen LogP contribution < -0.4 is 5.32 Å². The van der Waals surface area contributed by atoms with Crippen LogP contribution >= 0.6 is 11.8 Å². The van der Waals surface area contributed by atoms with Crippen molar-refractivity contribution in [1.29, 1.82) is 0 Å². The molecule has 1 N–H and O–H groups in total. The Morgan fingerprint density at radius 3 is 2.32 bits per heavy atom. The van der Waals surface area contributed by atoms with Crippen molar-refractivity contribution in [2.75, 3.05) is 12.3 Å². The van der Waals surface area contributed by atoms with Crippen molar-refractivity contribution in [2.45, 2.75) is 38.3 Å². The van der Waals surface area contributed by atoms with Crippen molar-refractivity contribution in [3.8, 4) is 0 Å². The molecule has 2 amide bonds. The van der Waals surface area contributed by atoms with E-state index in [-0.39, 0.29) is 29.9 Å². The molecule has 0 fully saturated rings. The van der Waals surface area contributed by atoms with Gasteiger partial charge in [-0.25, -0.2) is 4.39 Å². The maximum Gasteiger partial charge on any atom is 0.242 e. The Morgan fingerprint density at radius 1 is 1.04 bits per heavy atom. The Morgan fingerprint density at radius 2 is 1.68 bits per heavy atom. The predicted octanol–water partition coefficient (Wildman–Crippen LogP) is 4.11. The normalized spacial score (nSPS) is 11.9. The molecular formula is C22H27FN2O2S. The number of nitrogens with one attached hydrogen (secondary N) is 1. The Bertz CT molecular complexity index is 783. The quantitative estimate of drug-likeness (QED) is 0.642. The van der Waals surface area contributed by atoms with Crippen LogP contribution in [0.1, 0.15) is 26.3 Å². The van der Waals surface area contributed by atoms with Gasteiger partial charge in [0, 0.05) is 23.5 Å². The minimum absolute atomic E-state index is 0.0527. The van der Waals surface area contributed by atoms with Crippen LogP contribution in [0.15, 0.2) is 59.5 Å². The van der Waals surface area contributed by atoms with Crippen molar-refractivity contribution in [3.05, 3.63) is 66.0 Å². The molecule has 0 spiro atoms. The summed E-state index contributed by atoms with van der Waals surface area (Å²) in [5, 5.41) is 2.86. The van der Waals surface area contributed by atoms with Gasteiger partial charge in [0.05, 0.1) is 5.75 Å². The second kappa shape index (κ2) is 10.9. The van der Waals surface area contributed by atoms with Gasteiger partial charge in [0.25, 0.3) is 0 Å². The smallest absolute Gasteiger partial charge is 0.242 e. The standard InChI is InChI=1S/C22H27FN2O2S/c1-16(2)13-24-22(27)17(3)25(14-18-9-7-8-12-20(18)23)21(26)15-28-19-10-5-4-6-11-19/h4-12,16-17H,13-15H2,1-3H3,(H,24,27). The van der Waals surface area contributed by atoms with E-state index in [9.17, 15) is 14.0 Å². The number of hydrogen-bond donors (Lipinski definition) is 1. The van der Waals surface area contributed by atoms with E-state index in [1.165, 1.54) is 22.7 Å². The summed E-state index contributed by atoms with van der Waals surface area (Å²) in [5.74, 6) is -0.334. The van der Waals surface area contributed by atoms with E-state index >= 15 is 0 Å². The van der Waals surface area contributed by atoms with Crippen molar-refractivity contribution in [1.82, 2.24) is 10.2 Å². The highest BCUT2D eigenvalue weighted by Crippen LogP contribution is 2.20. The van der Waals surface area contributed by atoms with Gasteiger partial charge in [-0.15, -0.1) is 11.8 Å². The summed E-state index contributed by atoms with van der Waals surface area (Å²) >= 11 is 1.40. The monoisotopic (exact) mass is 402 g/mol. The van der Waals surface area contributed by atoms with Gasteiger partial charge in [-0.1, -0.05) is 50.2 Å². The summed E-state index contributed by atoms with van der Waals surface area (Å²) < 4.78 is 14.1. The highest BCUT2D eigenvalue weighted by Gasteiger charge is 2.26. The Balaban J connectivity index is 2.13. The molecule has 0 saturated heterocycles. The third-order valence-electron chi connectivity index (χ3n) is 4.26. The molecule has 0 heterocycles. The van der Waals surface area contributed by atoms with Crippen LogP contribution in [0.4, 0.5) is 4.39 Å². The van der Waals surface area contributed by atoms with Gasteiger partial charge in [0.1, 0.15) is 11.9 Å². The first kappa shape index (κ1) is 22.0. The highest BCUT2D eigenvalue weighted by molar-refractivity contribution is 8.00. The molecule has 0 aliphatic rings. The van der Waals surface area contributed by atoms with Crippen LogP contribution in [0.5, 0.6) is 0 Å². The van der Waals surface area contributed by atoms with E-state index in [0.717, 1.165) is 4.90 Å². The van der Waals surface area contributed by atoms with Crippen molar-refractivity contribution >= 4 is 23.6 Å². The molecule has 2 rings (SSSR count). The molecule has 0 saturated carbocycles. The lowest BCUT2D eigenvalue weighted by Crippen LogP contribution is -2.48. The molecule has 28 heavy (non-hydrogen) atoms. The number of hydrogen-bond acceptors (Lipinski definition) is 3. The Labute approximate surface area is 170 Å². The van der Waals surface area contributed by atoms with E-state index in [1.54, 1.807) is 25.1 Å². The zero-order valence-corrected chi connectivity index (χ0v) is 17.3. The van der Waals surface area contributed by atoms with Gasteiger partial charge in [-0.05, 0) is 31.0 Å². The minimum atomic E-state index is -0.692. The van der Waals surface area contributed by atoms with Gasteiger partial charge in [-0.2, -0.15) is 0 Å². The maximum atomic E-state index is 14.1. The average molecular weight is 403 g/mol. The molecular weight excluding hydrogens is 375 g/mol. The lowest BCUT2D eigenvalue weighted by atomic mass is 10.1. The van der Waals surface area contributed by atoms with E-state index in [1.807, 2.05) is 44.2 Å². The molecule has 150 valence electrons. The third kappa shape index (κ3) is 6.68. The molecule has 4 nitrogen and oxygen atoms in total. The van der Waals surface area contributed by atoms with Crippen LogP contribution in [0.3, 0.4) is 0 Å². The minimum Gasteiger partial charge on any atom is -0.354 e. The fourth-order valence-corrected chi connectivity index (χ4v) is 3.40. The summed E-state index contributed by atoms with van der Waals surface area (Å²) in [4.78, 5) is 27.9. The number of halogens is 1. The lowest BCUT2D eigenvalue weighted by molar-refractivity contribution is -0.138. The molecule has 1 unspecified atom stereocenters. The highest BCUT2D eigenvalue weighted by atomic mass is 32.2. The maximum absolute atomic E-state index is 14.1. The summed E-state index contributed by atoms with van der Waals surface area (Å²) in [6.07, 6.45) is 0. The van der Waals surface area contributed by atoms with E-state index in [0.29, 0.717) is 18.0 Å². The van der Waals surface area contributed by atoms with Crippen LogP contribution in [-0.4, -0.2) is 35.1 Å². The predicted molar refractivity (Wildman–Crippen MR) is 111 cm³/mol. The van der Waals surface area contributed by atoms with E-state index in [2.05, 4.69) is 5.32 Å². The van der Waals surface area contributed by atoms with Crippen molar-refractivity contribution < 1.29 is 14.0 Å². The molecule has 6 heteroatoms. The SMILES string of the molecule is CC(C)CNC(=O)C(C)N(Cc1ccccc1F)C(=O)CSc1ccccc1. The Kier molecular flexibility index (Phi) is 8.51. The second-order valence-electron chi connectivity index (χ2n) is 7.03. The number of rotatable bonds is 9. The van der Waals surface area contributed by atoms with Crippen LogP contribution in [-0.2, 0) is 16.1 Å². The summed E-state index contributed by atoms with van der Waals surface area (Å²) in [6.45, 7) is 6.27. The molecule has 2 aromatic carbocycles. The van der Waals surface area contributed by atoms with Crippen LogP contribution in [0.25, 0.3) is 0 Å². The lowest BCUT2D eigenvalue weighted by Gasteiger charge is -2.29. The summed E-state index contributed by atoms with van der Waals surface area (Å²) in [5.41, 5.74) is 0.393. The average Bonchev–Trinajstić information content (AvgIpc) is 2.69. The number of nitrogens with zero attached hydrogens (tertiary/aromatic N) is 1. The molecule has 0 bridgehead atoms. The van der Waals surface area contributed by atoms with Gasteiger partial charge < -0.3 is 10.2 Å². The van der Waals surface area contributed by atoms with E-state index < -0.39 is 6.04 Å². The van der Waals surface area contributed by atoms with Crippen molar-refractivity contribution in [3.63, 3.8) is 0 Å². The molecule has 1 atom stereocenters. The second-order valence-corrected chi connectivity index (χ2v) is 8.08. The number of carbonyl (C=O) groups excluding carboxylic acids is 2. The topological polar surface area (TPSA) is 49.4 Å². The van der Waals surface area contributed by atoms with Gasteiger partial charge >= 0.3 is 0 Å². The molecule has 0 aliphatic heterocycles. The first-order valence-corrected chi connectivity index (χ1v) is 10.4. The molecule has 0 radical (unpaired) electrons. The number of amides is 2. The van der Waals surface area contributed by atoms with Gasteiger partial charge in [-0.3, -0.25) is 9.59 Å². The van der Waals surface area contributed by atoms with Gasteiger partial charge in [0.15, 0.2) is 0 Å². The van der Waals surface area contributed by atoms with Crippen LogP contribution in [0.2, 0.25) is 0 Å². The van der Waals surface area contributed by atoms with Gasteiger partial charge in [0.2, 0.25) is 11.8 Å². The largest absolute Gasteiger partial charge is 0.354 e. The summed E-state index contributed by atoms with van der Waals surface area (Å²) in [6, 6.07) is 15.2. The fourth-order valence-electron chi connectivity index (χ4n) is 2.59. The van der Waals surface area contributed by atoms with Crippen molar-refractivity contribution in [2.24, 2.45) is 5.92 Å². The van der Waals surface area contributed by atoms with Crippen LogP contribution in [0, 0.1) is 11.7 Å². The van der Waals surface area contributed by atoms with E-state index in [4.69, 9.17) is 0 Å². The zero-order chi connectivity index (χ0) is 20.5.